The molecule has 2 aliphatic rings. The van der Waals surface area contributed by atoms with Crippen LogP contribution in [0, 0.1) is 6.92 Å². The number of benzene rings is 1. The molecule has 1 saturated carbocycles. The first-order valence-corrected chi connectivity index (χ1v) is 9.91. The Morgan fingerprint density at radius 3 is 2.76 bits per heavy atom. The van der Waals surface area contributed by atoms with E-state index in [-0.39, 0.29) is 23.1 Å². The van der Waals surface area contributed by atoms with Gasteiger partial charge in [-0.05, 0) is 44.2 Å². The molecule has 0 aliphatic heterocycles. The Bertz CT molecular complexity index is 1200. The van der Waals surface area contributed by atoms with Crippen molar-refractivity contribution >= 4 is 16.7 Å². The Morgan fingerprint density at radius 2 is 2.00 bits per heavy atom. The van der Waals surface area contributed by atoms with Crippen molar-refractivity contribution in [2.24, 2.45) is 0 Å². The molecule has 0 bridgehead atoms. The standard InChI is InChI=1S/C22H22F2N4O/c1-13-26-18-10-19(29)28(21(2)8-9-21)12-16(18)20(27-13)25-11-14-4-3-5-17-15(14)6-7-22(17,23)24/h3-5,10,12H,6-9,11H2,1-2H3,(H,25,26,27). The molecule has 150 valence electrons. The van der Waals surface area contributed by atoms with E-state index in [0.717, 1.165) is 29.4 Å². The normalized spacial score (nSPS) is 18.6. The number of alkyl halides is 2. The maximum Gasteiger partial charge on any atom is 0.273 e. The van der Waals surface area contributed by atoms with E-state index >= 15 is 0 Å². The Morgan fingerprint density at radius 1 is 1.21 bits per heavy atom. The third-order valence-electron chi connectivity index (χ3n) is 6.20. The van der Waals surface area contributed by atoms with E-state index in [1.54, 1.807) is 23.6 Å². The molecular formula is C22H22F2N4O. The molecule has 2 aliphatic carbocycles. The molecule has 5 nitrogen and oxygen atoms in total. The van der Waals surface area contributed by atoms with Crippen molar-refractivity contribution in [3.8, 4) is 0 Å². The number of halogens is 2. The predicted octanol–water partition coefficient (Wildman–Crippen LogP) is 4.26. The van der Waals surface area contributed by atoms with E-state index in [0.29, 0.717) is 30.1 Å². The Labute approximate surface area is 166 Å². The quantitative estimate of drug-likeness (QED) is 0.716. The second kappa shape index (κ2) is 6.08. The number of nitrogens with one attached hydrogen (secondary N) is 1. The first-order valence-electron chi connectivity index (χ1n) is 9.91. The zero-order valence-electron chi connectivity index (χ0n) is 16.4. The van der Waals surface area contributed by atoms with E-state index in [9.17, 15) is 13.6 Å². The highest BCUT2D eigenvalue weighted by molar-refractivity contribution is 5.88. The van der Waals surface area contributed by atoms with Gasteiger partial charge in [-0.1, -0.05) is 18.2 Å². The van der Waals surface area contributed by atoms with E-state index in [1.807, 2.05) is 12.3 Å². The lowest BCUT2D eigenvalue weighted by Crippen LogP contribution is -2.27. The second-order valence-electron chi connectivity index (χ2n) is 8.40. The third-order valence-corrected chi connectivity index (χ3v) is 6.20. The minimum absolute atomic E-state index is 0.0651. The number of anilines is 1. The van der Waals surface area contributed by atoms with Crippen molar-refractivity contribution in [1.82, 2.24) is 14.5 Å². The Hall–Kier alpha value is -2.83. The highest BCUT2D eigenvalue weighted by atomic mass is 19.3. The van der Waals surface area contributed by atoms with Crippen molar-refractivity contribution in [3.05, 3.63) is 63.3 Å². The van der Waals surface area contributed by atoms with Crippen LogP contribution in [0.5, 0.6) is 0 Å². The van der Waals surface area contributed by atoms with E-state index in [4.69, 9.17) is 0 Å². The SMILES string of the molecule is Cc1nc(NCc2cccc3c2CCC3(F)F)c2cn(C3(C)CC3)c(=O)cc2n1. The number of hydrogen-bond donors (Lipinski definition) is 1. The van der Waals surface area contributed by atoms with Crippen LogP contribution in [0.3, 0.4) is 0 Å². The summed E-state index contributed by atoms with van der Waals surface area (Å²) in [6.07, 6.45) is 4.01. The van der Waals surface area contributed by atoms with Crippen molar-refractivity contribution in [2.75, 3.05) is 5.32 Å². The van der Waals surface area contributed by atoms with E-state index < -0.39 is 5.92 Å². The number of fused-ring (bicyclic) bond motifs is 2. The molecule has 0 saturated heterocycles. The number of aromatic nitrogens is 3. The Kier molecular flexibility index (Phi) is 3.82. The van der Waals surface area contributed by atoms with Crippen molar-refractivity contribution < 1.29 is 8.78 Å². The largest absolute Gasteiger partial charge is 0.365 e. The lowest BCUT2D eigenvalue weighted by molar-refractivity contribution is -0.00184. The summed E-state index contributed by atoms with van der Waals surface area (Å²) in [6, 6.07) is 6.64. The summed E-state index contributed by atoms with van der Waals surface area (Å²) in [5, 5.41) is 4.07. The van der Waals surface area contributed by atoms with Crippen LogP contribution < -0.4 is 10.9 Å². The van der Waals surface area contributed by atoms with Crippen molar-refractivity contribution in [3.63, 3.8) is 0 Å². The minimum Gasteiger partial charge on any atom is -0.365 e. The van der Waals surface area contributed by atoms with Crippen LogP contribution in [0.25, 0.3) is 10.9 Å². The van der Waals surface area contributed by atoms with Crippen LogP contribution in [0.1, 0.15) is 48.7 Å². The fourth-order valence-electron chi connectivity index (χ4n) is 4.23. The number of nitrogens with zero attached hydrogens (tertiary/aromatic N) is 3. The summed E-state index contributed by atoms with van der Waals surface area (Å²) in [5.41, 5.74) is 2.10. The Balaban J connectivity index is 1.53. The molecule has 7 heteroatoms. The molecule has 5 rings (SSSR count). The molecule has 2 aromatic heterocycles. The fourth-order valence-corrected chi connectivity index (χ4v) is 4.23. The third kappa shape index (κ3) is 2.99. The molecule has 0 radical (unpaired) electrons. The maximum absolute atomic E-state index is 14.1. The molecule has 1 fully saturated rings. The molecular weight excluding hydrogens is 374 g/mol. The van der Waals surface area contributed by atoms with E-state index in [2.05, 4.69) is 22.2 Å². The van der Waals surface area contributed by atoms with Crippen LogP contribution in [-0.2, 0) is 24.4 Å². The summed E-state index contributed by atoms with van der Waals surface area (Å²) in [4.78, 5) is 21.5. The highest BCUT2D eigenvalue weighted by Gasteiger charge is 2.41. The summed E-state index contributed by atoms with van der Waals surface area (Å²) >= 11 is 0. The first-order chi connectivity index (χ1) is 13.8. The predicted molar refractivity (Wildman–Crippen MR) is 107 cm³/mol. The summed E-state index contributed by atoms with van der Waals surface area (Å²) in [5.74, 6) is -1.58. The maximum atomic E-state index is 14.1. The van der Waals surface area contributed by atoms with Crippen molar-refractivity contribution in [2.45, 2.75) is 57.5 Å². The first kappa shape index (κ1) is 18.2. The van der Waals surface area contributed by atoms with Crippen molar-refractivity contribution in [1.29, 1.82) is 0 Å². The molecule has 0 unspecified atom stereocenters. The number of rotatable bonds is 4. The molecule has 3 aromatic rings. The molecule has 1 N–H and O–H groups in total. The van der Waals surface area contributed by atoms with Crippen LogP contribution in [0.2, 0.25) is 0 Å². The molecule has 0 spiro atoms. The van der Waals surface area contributed by atoms with Crippen LogP contribution in [0.4, 0.5) is 14.6 Å². The monoisotopic (exact) mass is 396 g/mol. The molecule has 0 amide bonds. The molecule has 29 heavy (non-hydrogen) atoms. The summed E-state index contributed by atoms with van der Waals surface area (Å²) < 4.78 is 29.9. The number of hydrogen-bond acceptors (Lipinski definition) is 4. The van der Waals surface area contributed by atoms with E-state index in [1.165, 1.54) is 6.07 Å². The van der Waals surface area contributed by atoms with Gasteiger partial charge in [0.15, 0.2) is 0 Å². The molecule has 2 heterocycles. The average Bonchev–Trinajstić information content (AvgIpc) is 3.33. The lowest BCUT2D eigenvalue weighted by atomic mass is 10.0. The van der Waals surface area contributed by atoms with Gasteiger partial charge >= 0.3 is 0 Å². The van der Waals surface area contributed by atoms with Gasteiger partial charge in [0, 0.05) is 36.3 Å². The van der Waals surface area contributed by atoms with Crippen LogP contribution in [-0.4, -0.2) is 14.5 Å². The van der Waals surface area contributed by atoms with Crippen LogP contribution in [0.15, 0.2) is 35.3 Å². The van der Waals surface area contributed by atoms with Gasteiger partial charge in [-0.2, -0.15) is 0 Å². The van der Waals surface area contributed by atoms with Crippen LogP contribution >= 0.6 is 0 Å². The average molecular weight is 396 g/mol. The minimum atomic E-state index is -2.75. The van der Waals surface area contributed by atoms with Gasteiger partial charge in [-0.3, -0.25) is 4.79 Å². The second-order valence-corrected chi connectivity index (χ2v) is 8.40. The fraction of sp³-hybridized carbons (Fsp3) is 0.409. The smallest absolute Gasteiger partial charge is 0.273 e. The summed E-state index contributed by atoms with van der Waals surface area (Å²) in [6.45, 7) is 4.23. The number of aryl methyl sites for hydroxylation is 1. The van der Waals surface area contributed by atoms with Gasteiger partial charge in [-0.15, -0.1) is 0 Å². The van der Waals surface area contributed by atoms with Gasteiger partial charge in [-0.25, -0.2) is 18.7 Å². The molecule has 0 atom stereocenters. The highest BCUT2D eigenvalue weighted by Crippen LogP contribution is 2.43. The van der Waals surface area contributed by atoms with Gasteiger partial charge in [0.1, 0.15) is 11.6 Å². The van der Waals surface area contributed by atoms with Gasteiger partial charge < -0.3 is 9.88 Å². The van der Waals surface area contributed by atoms with Gasteiger partial charge in [0.05, 0.1) is 10.9 Å². The molecule has 1 aromatic carbocycles. The lowest BCUT2D eigenvalue weighted by Gasteiger charge is -2.16. The summed E-state index contributed by atoms with van der Waals surface area (Å²) in [7, 11) is 0. The van der Waals surface area contributed by atoms with Gasteiger partial charge in [0.2, 0.25) is 0 Å². The number of pyridine rings is 1. The zero-order chi connectivity index (χ0) is 20.4. The zero-order valence-corrected chi connectivity index (χ0v) is 16.4. The topological polar surface area (TPSA) is 59.8 Å². The van der Waals surface area contributed by atoms with Gasteiger partial charge in [0.25, 0.3) is 11.5 Å².